The SMILES string of the molecule is CCN1C(=O)C(NC(=O)C(=O)NCC2CCCN2CC)c2cc(Br)ccc21. The zero-order chi connectivity index (χ0) is 19.6. The van der Waals surface area contributed by atoms with Gasteiger partial charge in [0.15, 0.2) is 0 Å². The molecule has 2 atom stereocenters. The molecule has 1 fully saturated rings. The fourth-order valence-corrected chi connectivity index (χ4v) is 4.28. The fourth-order valence-electron chi connectivity index (χ4n) is 3.91. The van der Waals surface area contributed by atoms with Crippen LogP contribution in [-0.4, -0.2) is 54.8 Å². The van der Waals surface area contributed by atoms with Gasteiger partial charge in [-0.3, -0.25) is 19.3 Å². The molecule has 0 aromatic heterocycles. The molecule has 1 saturated heterocycles. The molecule has 2 N–H and O–H groups in total. The molecule has 8 heteroatoms. The predicted molar refractivity (Wildman–Crippen MR) is 106 cm³/mol. The van der Waals surface area contributed by atoms with E-state index in [4.69, 9.17) is 0 Å². The van der Waals surface area contributed by atoms with Gasteiger partial charge < -0.3 is 15.5 Å². The molecule has 1 aromatic rings. The van der Waals surface area contributed by atoms with Crippen molar-refractivity contribution < 1.29 is 14.4 Å². The minimum atomic E-state index is -0.839. The van der Waals surface area contributed by atoms with Crippen LogP contribution in [0.3, 0.4) is 0 Å². The Morgan fingerprint density at radius 1 is 1.22 bits per heavy atom. The van der Waals surface area contributed by atoms with Gasteiger partial charge in [0.25, 0.3) is 5.91 Å². The highest BCUT2D eigenvalue weighted by atomic mass is 79.9. The van der Waals surface area contributed by atoms with Crippen LogP contribution in [0.15, 0.2) is 22.7 Å². The van der Waals surface area contributed by atoms with Crippen molar-refractivity contribution in [3.05, 3.63) is 28.2 Å². The van der Waals surface area contributed by atoms with Crippen LogP contribution in [0, 0.1) is 0 Å². The zero-order valence-electron chi connectivity index (χ0n) is 15.6. The summed E-state index contributed by atoms with van der Waals surface area (Å²) in [5, 5.41) is 5.31. The summed E-state index contributed by atoms with van der Waals surface area (Å²) in [4.78, 5) is 41.2. The third kappa shape index (κ3) is 4.01. The van der Waals surface area contributed by atoms with E-state index in [2.05, 4.69) is 38.4 Å². The number of anilines is 1. The summed E-state index contributed by atoms with van der Waals surface area (Å²) in [5.74, 6) is -1.70. The Labute approximate surface area is 167 Å². The number of rotatable bonds is 5. The van der Waals surface area contributed by atoms with Crippen molar-refractivity contribution in [3.8, 4) is 0 Å². The Morgan fingerprint density at radius 2 is 2.00 bits per heavy atom. The highest BCUT2D eigenvalue weighted by Gasteiger charge is 2.38. The molecule has 0 saturated carbocycles. The molecule has 27 heavy (non-hydrogen) atoms. The van der Waals surface area contributed by atoms with Crippen LogP contribution in [0.25, 0.3) is 0 Å². The van der Waals surface area contributed by atoms with E-state index < -0.39 is 17.9 Å². The number of halogens is 1. The van der Waals surface area contributed by atoms with Crippen LogP contribution in [0.5, 0.6) is 0 Å². The summed E-state index contributed by atoms with van der Waals surface area (Å²) in [5.41, 5.74) is 1.46. The van der Waals surface area contributed by atoms with Gasteiger partial charge in [-0.2, -0.15) is 0 Å². The van der Waals surface area contributed by atoms with Crippen LogP contribution in [0.1, 0.15) is 38.3 Å². The molecule has 1 aromatic carbocycles. The van der Waals surface area contributed by atoms with Crippen molar-refractivity contribution in [2.75, 3.05) is 31.1 Å². The van der Waals surface area contributed by atoms with Gasteiger partial charge in [0.05, 0.1) is 0 Å². The van der Waals surface area contributed by atoms with Gasteiger partial charge >= 0.3 is 11.8 Å². The molecular weight excluding hydrogens is 412 g/mol. The lowest BCUT2D eigenvalue weighted by molar-refractivity contribution is -0.140. The highest BCUT2D eigenvalue weighted by Crippen LogP contribution is 2.37. The maximum absolute atomic E-state index is 12.7. The number of benzene rings is 1. The second-order valence-electron chi connectivity index (χ2n) is 6.83. The van der Waals surface area contributed by atoms with Crippen molar-refractivity contribution in [2.45, 2.75) is 38.8 Å². The normalized spacial score (nSPS) is 22.0. The van der Waals surface area contributed by atoms with E-state index in [9.17, 15) is 14.4 Å². The highest BCUT2D eigenvalue weighted by molar-refractivity contribution is 9.10. The first-order chi connectivity index (χ1) is 13.0. The van der Waals surface area contributed by atoms with E-state index >= 15 is 0 Å². The van der Waals surface area contributed by atoms with Crippen molar-refractivity contribution in [3.63, 3.8) is 0 Å². The van der Waals surface area contributed by atoms with Gasteiger partial charge in [0, 0.05) is 34.9 Å². The Morgan fingerprint density at radius 3 is 2.70 bits per heavy atom. The number of nitrogens with zero attached hydrogens (tertiary/aromatic N) is 2. The number of likely N-dealkylation sites (N-methyl/N-ethyl adjacent to an activating group) is 2. The summed E-state index contributed by atoms with van der Waals surface area (Å²) < 4.78 is 0.816. The average Bonchev–Trinajstić information content (AvgIpc) is 3.22. The second kappa shape index (κ2) is 8.39. The molecule has 2 aliphatic heterocycles. The van der Waals surface area contributed by atoms with Crippen molar-refractivity contribution in [1.29, 1.82) is 0 Å². The predicted octanol–water partition coefficient (Wildman–Crippen LogP) is 1.57. The van der Waals surface area contributed by atoms with E-state index in [1.807, 2.05) is 25.1 Å². The molecule has 0 aliphatic carbocycles. The van der Waals surface area contributed by atoms with Gasteiger partial charge in [0.1, 0.15) is 6.04 Å². The molecule has 3 rings (SSSR count). The summed E-state index contributed by atoms with van der Waals surface area (Å²) >= 11 is 3.40. The Kier molecular flexibility index (Phi) is 6.16. The lowest BCUT2D eigenvalue weighted by Gasteiger charge is -2.22. The van der Waals surface area contributed by atoms with E-state index in [-0.39, 0.29) is 11.9 Å². The molecule has 0 bridgehead atoms. The zero-order valence-corrected chi connectivity index (χ0v) is 17.2. The minimum Gasteiger partial charge on any atom is -0.346 e. The third-order valence-electron chi connectivity index (χ3n) is 5.31. The van der Waals surface area contributed by atoms with E-state index in [0.29, 0.717) is 18.7 Å². The number of fused-ring (bicyclic) bond motifs is 1. The topological polar surface area (TPSA) is 81.8 Å². The van der Waals surface area contributed by atoms with Crippen molar-refractivity contribution >= 4 is 39.3 Å². The van der Waals surface area contributed by atoms with Gasteiger partial charge in [-0.25, -0.2) is 0 Å². The first-order valence-corrected chi connectivity index (χ1v) is 10.2. The van der Waals surface area contributed by atoms with E-state index in [0.717, 1.165) is 36.1 Å². The largest absolute Gasteiger partial charge is 0.346 e. The lowest BCUT2D eigenvalue weighted by atomic mass is 10.1. The Balaban J connectivity index is 1.64. The first kappa shape index (κ1) is 19.8. The number of carbonyl (C=O) groups excluding carboxylic acids is 3. The molecule has 2 unspecified atom stereocenters. The molecular formula is C19H25BrN4O3. The van der Waals surface area contributed by atoms with Crippen LogP contribution in [0.4, 0.5) is 5.69 Å². The summed E-state index contributed by atoms with van der Waals surface area (Å²) in [6.45, 7) is 6.87. The Hall–Kier alpha value is -1.93. The van der Waals surface area contributed by atoms with Gasteiger partial charge in [-0.15, -0.1) is 0 Å². The molecule has 146 valence electrons. The van der Waals surface area contributed by atoms with Gasteiger partial charge in [-0.1, -0.05) is 22.9 Å². The molecule has 0 spiro atoms. The molecule has 2 aliphatic rings. The second-order valence-corrected chi connectivity index (χ2v) is 7.74. The number of nitrogens with one attached hydrogen (secondary N) is 2. The van der Waals surface area contributed by atoms with E-state index in [1.54, 1.807) is 4.90 Å². The van der Waals surface area contributed by atoms with Crippen LogP contribution < -0.4 is 15.5 Å². The van der Waals surface area contributed by atoms with Crippen LogP contribution in [0.2, 0.25) is 0 Å². The van der Waals surface area contributed by atoms with E-state index in [1.165, 1.54) is 0 Å². The summed E-state index contributed by atoms with van der Waals surface area (Å²) in [6, 6.07) is 4.93. The number of hydrogen-bond donors (Lipinski definition) is 2. The van der Waals surface area contributed by atoms with Gasteiger partial charge in [0.2, 0.25) is 0 Å². The molecule has 0 radical (unpaired) electrons. The first-order valence-electron chi connectivity index (χ1n) is 9.39. The Bertz CT molecular complexity index is 754. The quantitative estimate of drug-likeness (QED) is 0.686. The third-order valence-corrected chi connectivity index (χ3v) is 5.80. The monoisotopic (exact) mass is 436 g/mol. The maximum atomic E-state index is 12.7. The van der Waals surface area contributed by atoms with Gasteiger partial charge in [-0.05, 0) is 51.1 Å². The molecule has 7 nitrogen and oxygen atoms in total. The summed E-state index contributed by atoms with van der Waals surface area (Å²) in [6.07, 6.45) is 2.12. The molecule has 2 heterocycles. The summed E-state index contributed by atoms with van der Waals surface area (Å²) in [7, 11) is 0. The smallest absolute Gasteiger partial charge is 0.310 e. The fraction of sp³-hybridized carbons (Fsp3) is 0.526. The van der Waals surface area contributed by atoms with Crippen LogP contribution >= 0.6 is 15.9 Å². The average molecular weight is 437 g/mol. The number of amides is 3. The van der Waals surface area contributed by atoms with Crippen LogP contribution in [-0.2, 0) is 14.4 Å². The number of likely N-dealkylation sites (tertiary alicyclic amines) is 1. The maximum Gasteiger partial charge on any atom is 0.310 e. The number of hydrogen-bond acceptors (Lipinski definition) is 4. The standard InChI is InChI=1S/C19H25BrN4O3/c1-3-23-9-5-6-13(23)11-21-17(25)18(26)22-16-14-10-12(20)7-8-15(14)24(4-2)19(16)27/h7-8,10,13,16H,3-6,9,11H2,1-2H3,(H,21,25)(H,22,26). The number of carbonyl (C=O) groups is 3. The van der Waals surface area contributed by atoms with Crippen molar-refractivity contribution in [1.82, 2.24) is 15.5 Å². The minimum absolute atomic E-state index is 0.222. The molecule has 3 amide bonds. The lowest BCUT2D eigenvalue weighted by Crippen LogP contribution is -2.47. The van der Waals surface area contributed by atoms with Crippen molar-refractivity contribution in [2.24, 2.45) is 0 Å².